The highest BCUT2D eigenvalue weighted by Gasteiger charge is 2.07. The molecule has 0 aliphatic heterocycles. The quantitative estimate of drug-likeness (QED) is 0.766. The first-order valence-corrected chi connectivity index (χ1v) is 9.24. The number of aromatic nitrogens is 1. The van der Waals surface area contributed by atoms with Gasteiger partial charge in [-0.2, -0.15) is 0 Å². The van der Waals surface area contributed by atoms with Gasteiger partial charge in [-0.15, -0.1) is 11.3 Å². The molecule has 0 aliphatic rings. The van der Waals surface area contributed by atoms with Gasteiger partial charge in [-0.05, 0) is 43.0 Å². The molecule has 0 aliphatic carbocycles. The van der Waals surface area contributed by atoms with Crippen molar-refractivity contribution < 1.29 is 8.42 Å². The summed E-state index contributed by atoms with van der Waals surface area (Å²) in [5.74, 6) is 0. The first kappa shape index (κ1) is 15.4. The third-order valence-corrected chi connectivity index (χ3v) is 4.57. The zero-order valence-corrected chi connectivity index (χ0v) is 13.2. The minimum atomic E-state index is -3.08. The van der Waals surface area contributed by atoms with E-state index in [2.05, 4.69) is 28.0 Å². The lowest BCUT2D eigenvalue weighted by molar-refractivity contribution is 0.548. The fourth-order valence-corrected chi connectivity index (χ4v) is 3.19. The van der Waals surface area contributed by atoms with Crippen molar-refractivity contribution in [3.8, 4) is 0 Å². The van der Waals surface area contributed by atoms with Crippen molar-refractivity contribution in [1.82, 2.24) is 15.0 Å². The van der Waals surface area contributed by atoms with Gasteiger partial charge >= 0.3 is 0 Å². The highest BCUT2D eigenvalue weighted by Crippen LogP contribution is 2.22. The molecule has 0 amide bonds. The minimum absolute atomic E-state index is 0.201. The van der Waals surface area contributed by atoms with Gasteiger partial charge in [0.15, 0.2) is 0 Å². The molecule has 110 valence electrons. The molecule has 0 fully saturated rings. The summed E-state index contributed by atoms with van der Waals surface area (Å²) in [6.07, 6.45) is 3.82. The second kappa shape index (κ2) is 6.62. The van der Waals surface area contributed by atoms with E-state index in [-0.39, 0.29) is 6.04 Å². The molecule has 2 heterocycles. The lowest BCUT2D eigenvalue weighted by Gasteiger charge is -2.14. The van der Waals surface area contributed by atoms with Crippen LogP contribution in [0.4, 0.5) is 0 Å². The van der Waals surface area contributed by atoms with E-state index in [1.165, 1.54) is 11.0 Å². The Hall–Kier alpha value is -1.02. The van der Waals surface area contributed by atoms with E-state index < -0.39 is 10.0 Å². The van der Waals surface area contributed by atoms with Gasteiger partial charge in [0.05, 0.1) is 16.5 Å². The predicted molar refractivity (Wildman–Crippen MR) is 83.5 cm³/mol. The van der Waals surface area contributed by atoms with Crippen LogP contribution in [0.3, 0.4) is 0 Å². The van der Waals surface area contributed by atoms with Crippen molar-refractivity contribution in [3.05, 3.63) is 29.3 Å². The lowest BCUT2D eigenvalue weighted by Crippen LogP contribution is -2.27. The average molecular weight is 313 g/mol. The van der Waals surface area contributed by atoms with E-state index in [9.17, 15) is 8.42 Å². The lowest BCUT2D eigenvalue weighted by atomic mass is 10.1. The van der Waals surface area contributed by atoms with E-state index in [1.54, 1.807) is 11.3 Å². The molecule has 0 saturated carbocycles. The van der Waals surface area contributed by atoms with Gasteiger partial charge in [0.25, 0.3) is 0 Å². The monoisotopic (exact) mass is 313 g/mol. The van der Waals surface area contributed by atoms with Crippen molar-refractivity contribution >= 4 is 31.6 Å². The van der Waals surface area contributed by atoms with Crippen LogP contribution in [0.25, 0.3) is 10.2 Å². The first-order valence-electron chi connectivity index (χ1n) is 6.47. The summed E-state index contributed by atoms with van der Waals surface area (Å²) in [6, 6.07) is 4.37. The normalized spacial score (nSPS) is 13.7. The van der Waals surface area contributed by atoms with E-state index in [0.717, 1.165) is 24.0 Å². The summed E-state index contributed by atoms with van der Waals surface area (Å²) < 4.78 is 25.5. The number of pyridine rings is 1. The number of fused-ring (bicyclic) bond motifs is 1. The molecule has 20 heavy (non-hydrogen) atoms. The van der Waals surface area contributed by atoms with Crippen LogP contribution in [0, 0.1) is 0 Å². The van der Waals surface area contributed by atoms with Crippen LogP contribution < -0.4 is 10.0 Å². The maximum atomic E-state index is 10.9. The van der Waals surface area contributed by atoms with Crippen LogP contribution in [0.2, 0.25) is 0 Å². The molecule has 2 rings (SSSR count). The molecular formula is C13H19N3O2S2. The molecule has 2 N–H and O–H groups in total. The average Bonchev–Trinajstić information content (AvgIpc) is 2.83. The Kier molecular flexibility index (Phi) is 5.09. The Bertz CT molecular complexity index is 667. The Morgan fingerprint density at radius 2 is 2.20 bits per heavy atom. The van der Waals surface area contributed by atoms with Crippen LogP contribution in [0.15, 0.2) is 23.7 Å². The number of thiophene rings is 1. The zero-order chi connectivity index (χ0) is 14.6. The van der Waals surface area contributed by atoms with Crippen LogP contribution in [-0.4, -0.2) is 32.7 Å². The molecule has 0 bridgehead atoms. The molecular weight excluding hydrogens is 294 g/mol. The van der Waals surface area contributed by atoms with Gasteiger partial charge in [-0.25, -0.2) is 13.1 Å². The third-order valence-electron chi connectivity index (χ3n) is 2.99. The fraction of sp³-hybridized carbons (Fsp3) is 0.462. The van der Waals surface area contributed by atoms with Gasteiger partial charge in [0, 0.05) is 18.8 Å². The maximum Gasteiger partial charge on any atom is 0.208 e. The Balaban J connectivity index is 1.81. The maximum absolute atomic E-state index is 10.9. The Labute approximate surface area is 123 Å². The number of nitrogens with zero attached hydrogens (tertiary/aromatic N) is 1. The first-order chi connectivity index (χ1) is 9.46. The molecule has 2 aromatic rings. The fourth-order valence-electron chi connectivity index (χ4n) is 1.88. The van der Waals surface area contributed by atoms with Crippen molar-refractivity contribution in [2.24, 2.45) is 0 Å². The molecule has 0 spiro atoms. The number of sulfonamides is 1. The predicted octanol–water partition coefficient (Wildman–Crippen LogP) is 1.89. The summed E-state index contributed by atoms with van der Waals surface area (Å²) in [6.45, 7) is 3.30. The highest BCUT2D eigenvalue weighted by molar-refractivity contribution is 7.88. The molecule has 2 aromatic heterocycles. The summed E-state index contributed by atoms with van der Waals surface area (Å²) in [5.41, 5.74) is 2.18. The van der Waals surface area contributed by atoms with Crippen LogP contribution in [-0.2, 0) is 10.0 Å². The summed E-state index contributed by atoms with van der Waals surface area (Å²) >= 11 is 1.69. The third kappa shape index (κ3) is 4.52. The number of hydrogen-bond donors (Lipinski definition) is 2. The van der Waals surface area contributed by atoms with Gasteiger partial charge in [0.2, 0.25) is 10.0 Å². The van der Waals surface area contributed by atoms with Crippen molar-refractivity contribution in [1.29, 1.82) is 0 Å². The molecule has 1 atom stereocenters. The minimum Gasteiger partial charge on any atom is -0.310 e. The summed E-state index contributed by atoms with van der Waals surface area (Å²) in [5, 5.41) is 5.41. The molecule has 1 unspecified atom stereocenters. The second-order valence-electron chi connectivity index (χ2n) is 4.77. The van der Waals surface area contributed by atoms with Gasteiger partial charge in [0.1, 0.15) is 0 Å². The van der Waals surface area contributed by atoms with E-state index in [1.807, 2.05) is 17.6 Å². The van der Waals surface area contributed by atoms with Crippen molar-refractivity contribution in [3.63, 3.8) is 0 Å². The van der Waals surface area contributed by atoms with Gasteiger partial charge in [-0.3, -0.25) is 4.98 Å². The van der Waals surface area contributed by atoms with Gasteiger partial charge < -0.3 is 5.32 Å². The van der Waals surface area contributed by atoms with E-state index >= 15 is 0 Å². The number of nitrogens with one attached hydrogen (secondary N) is 2. The molecule has 0 radical (unpaired) electrons. The Morgan fingerprint density at radius 1 is 1.40 bits per heavy atom. The van der Waals surface area contributed by atoms with Crippen LogP contribution in [0.5, 0.6) is 0 Å². The van der Waals surface area contributed by atoms with E-state index in [0.29, 0.717) is 6.54 Å². The molecule has 0 aromatic carbocycles. The van der Waals surface area contributed by atoms with Gasteiger partial charge in [-0.1, -0.05) is 0 Å². The number of hydrogen-bond acceptors (Lipinski definition) is 5. The summed E-state index contributed by atoms with van der Waals surface area (Å²) in [7, 11) is -3.08. The SMILES string of the molecule is CC(NCCCNS(C)(=O)=O)c1cnc2ccsc2c1. The van der Waals surface area contributed by atoms with Crippen LogP contribution in [0.1, 0.15) is 24.9 Å². The molecule has 7 heteroatoms. The van der Waals surface area contributed by atoms with E-state index in [4.69, 9.17) is 0 Å². The van der Waals surface area contributed by atoms with Crippen molar-refractivity contribution in [2.45, 2.75) is 19.4 Å². The molecule has 0 saturated heterocycles. The van der Waals surface area contributed by atoms with Crippen LogP contribution >= 0.6 is 11.3 Å². The topological polar surface area (TPSA) is 71.1 Å². The summed E-state index contributed by atoms with van der Waals surface area (Å²) in [4.78, 5) is 4.42. The smallest absolute Gasteiger partial charge is 0.208 e. The van der Waals surface area contributed by atoms with Crippen molar-refractivity contribution in [2.75, 3.05) is 19.3 Å². The Morgan fingerprint density at radius 3 is 2.95 bits per heavy atom. The highest BCUT2D eigenvalue weighted by atomic mass is 32.2. The number of rotatable bonds is 7. The zero-order valence-electron chi connectivity index (χ0n) is 11.6. The largest absolute Gasteiger partial charge is 0.310 e. The molecule has 5 nitrogen and oxygen atoms in total. The standard InChI is InChI=1S/C13H19N3O2S2/c1-10(14-5-3-6-16-20(2,17)18)11-8-13-12(15-9-11)4-7-19-13/h4,7-10,14,16H,3,5-6H2,1-2H3. The second-order valence-corrected chi connectivity index (χ2v) is 7.55.